The zero-order chi connectivity index (χ0) is 15.7. The molecule has 2 fully saturated rings. The highest BCUT2D eigenvalue weighted by Crippen LogP contribution is 2.53. The number of amides is 2. The van der Waals surface area contributed by atoms with Gasteiger partial charge >= 0.3 is 0 Å². The fraction of sp³-hybridized carbons (Fsp3) is 0.438. The number of rotatable bonds is 4. The Hall–Kier alpha value is -2.37. The molecular formula is C16H19N3O3. The molecule has 1 atom stereocenters. The van der Waals surface area contributed by atoms with Gasteiger partial charge in [-0.2, -0.15) is 0 Å². The average molecular weight is 301 g/mol. The van der Waals surface area contributed by atoms with E-state index in [2.05, 4.69) is 16.9 Å². The van der Waals surface area contributed by atoms with Crippen molar-refractivity contribution in [3.63, 3.8) is 0 Å². The third-order valence-electron chi connectivity index (χ3n) is 4.52. The maximum atomic E-state index is 12.6. The van der Waals surface area contributed by atoms with E-state index in [-0.39, 0.29) is 23.3 Å². The summed E-state index contributed by atoms with van der Waals surface area (Å²) >= 11 is 0. The second-order valence-electron chi connectivity index (χ2n) is 5.90. The zero-order valence-corrected chi connectivity index (χ0v) is 12.5. The molecule has 1 spiro atoms. The molecule has 22 heavy (non-hydrogen) atoms. The highest BCUT2D eigenvalue weighted by Gasteiger charge is 2.56. The van der Waals surface area contributed by atoms with E-state index in [0.717, 1.165) is 12.8 Å². The molecule has 6 nitrogen and oxygen atoms in total. The summed E-state index contributed by atoms with van der Waals surface area (Å²) in [5.41, 5.74) is 0.601. The van der Waals surface area contributed by atoms with Crippen LogP contribution in [-0.4, -0.2) is 47.9 Å². The van der Waals surface area contributed by atoms with Crippen molar-refractivity contribution in [1.82, 2.24) is 15.2 Å². The van der Waals surface area contributed by atoms with E-state index < -0.39 is 0 Å². The molecule has 1 saturated heterocycles. The van der Waals surface area contributed by atoms with E-state index in [9.17, 15) is 9.59 Å². The SMILES string of the molecule is C=CC(=O)NC1CN(C(=O)c2ccnc(OC)c2)CC12CC2. The second kappa shape index (κ2) is 5.44. The maximum Gasteiger partial charge on any atom is 0.254 e. The lowest BCUT2D eigenvalue weighted by Crippen LogP contribution is -2.41. The first kappa shape index (κ1) is 14.6. The zero-order valence-electron chi connectivity index (χ0n) is 12.5. The molecule has 116 valence electrons. The first-order valence-electron chi connectivity index (χ1n) is 7.30. The molecule has 6 heteroatoms. The molecule has 1 unspecified atom stereocenters. The normalized spacial score (nSPS) is 21.5. The molecule has 1 aromatic rings. The number of aromatic nitrogens is 1. The van der Waals surface area contributed by atoms with Crippen LogP contribution in [0.2, 0.25) is 0 Å². The first-order chi connectivity index (χ1) is 10.6. The summed E-state index contributed by atoms with van der Waals surface area (Å²) in [5.74, 6) is 0.182. The van der Waals surface area contributed by atoms with Crippen molar-refractivity contribution >= 4 is 11.8 Å². The molecule has 0 bridgehead atoms. The quantitative estimate of drug-likeness (QED) is 0.842. The molecule has 1 aliphatic heterocycles. The van der Waals surface area contributed by atoms with Gasteiger partial charge in [0.05, 0.1) is 13.2 Å². The predicted molar refractivity (Wildman–Crippen MR) is 80.5 cm³/mol. The Morgan fingerprint density at radius 2 is 2.32 bits per heavy atom. The molecule has 1 saturated carbocycles. The van der Waals surface area contributed by atoms with Gasteiger partial charge in [0.2, 0.25) is 11.8 Å². The van der Waals surface area contributed by atoms with Gasteiger partial charge in [-0.05, 0) is 25.0 Å². The number of hydrogen-bond donors (Lipinski definition) is 1. The van der Waals surface area contributed by atoms with Crippen LogP contribution in [0.4, 0.5) is 0 Å². The van der Waals surface area contributed by atoms with Crippen LogP contribution in [-0.2, 0) is 4.79 Å². The maximum absolute atomic E-state index is 12.6. The molecule has 0 aromatic carbocycles. The Bertz CT molecular complexity index is 625. The van der Waals surface area contributed by atoms with Crippen molar-refractivity contribution in [2.75, 3.05) is 20.2 Å². The van der Waals surface area contributed by atoms with Crippen molar-refractivity contribution < 1.29 is 14.3 Å². The molecular weight excluding hydrogens is 282 g/mol. The van der Waals surface area contributed by atoms with Crippen LogP contribution in [0.5, 0.6) is 5.88 Å². The van der Waals surface area contributed by atoms with Crippen LogP contribution in [0, 0.1) is 5.41 Å². The summed E-state index contributed by atoms with van der Waals surface area (Å²) < 4.78 is 5.06. The summed E-state index contributed by atoms with van der Waals surface area (Å²) in [4.78, 5) is 30.0. The minimum Gasteiger partial charge on any atom is -0.481 e. The Balaban J connectivity index is 1.74. The van der Waals surface area contributed by atoms with Gasteiger partial charge in [-0.1, -0.05) is 6.58 Å². The van der Waals surface area contributed by atoms with Crippen molar-refractivity contribution in [2.45, 2.75) is 18.9 Å². The van der Waals surface area contributed by atoms with E-state index in [1.807, 2.05) is 0 Å². The predicted octanol–water partition coefficient (Wildman–Crippen LogP) is 0.997. The summed E-state index contributed by atoms with van der Waals surface area (Å²) in [5, 5.41) is 2.95. The molecule has 2 heterocycles. The Labute approximate surface area is 129 Å². The number of ether oxygens (including phenoxy) is 1. The molecule has 0 radical (unpaired) electrons. The van der Waals surface area contributed by atoms with Crippen molar-refractivity contribution in [2.24, 2.45) is 5.41 Å². The smallest absolute Gasteiger partial charge is 0.254 e. The van der Waals surface area contributed by atoms with Crippen LogP contribution in [0.15, 0.2) is 31.0 Å². The van der Waals surface area contributed by atoms with Gasteiger partial charge in [0.15, 0.2) is 0 Å². The van der Waals surface area contributed by atoms with Crippen LogP contribution in [0.3, 0.4) is 0 Å². The van der Waals surface area contributed by atoms with Crippen LogP contribution in [0.25, 0.3) is 0 Å². The number of carbonyl (C=O) groups is 2. The highest BCUT2D eigenvalue weighted by molar-refractivity contribution is 5.95. The number of nitrogens with zero attached hydrogens (tertiary/aromatic N) is 2. The second-order valence-corrected chi connectivity index (χ2v) is 5.90. The summed E-state index contributed by atoms with van der Waals surface area (Å²) in [7, 11) is 1.52. The number of pyridine rings is 1. The first-order valence-corrected chi connectivity index (χ1v) is 7.30. The fourth-order valence-corrected chi connectivity index (χ4v) is 3.06. The molecule has 3 rings (SSSR count). The largest absolute Gasteiger partial charge is 0.481 e. The van der Waals surface area contributed by atoms with E-state index in [1.54, 1.807) is 23.2 Å². The molecule has 2 amide bonds. The van der Waals surface area contributed by atoms with Gasteiger partial charge in [-0.25, -0.2) is 4.98 Å². The topological polar surface area (TPSA) is 71.5 Å². The number of methoxy groups -OCH3 is 1. The third kappa shape index (κ3) is 2.56. The van der Waals surface area contributed by atoms with E-state index in [0.29, 0.717) is 24.5 Å². The molecule has 1 N–H and O–H groups in total. The van der Waals surface area contributed by atoms with Gasteiger partial charge in [-0.15, -0.1) is 0 Å². The summed E-state index contributed by atoms with van der Waals surface area (Å²) in [6.45, 7) is 4.69. The lowest BCUT2D eigenvalue weighted by molar-refractivity contribution is -0.117. The summed E-state index contributed by atoms with van der Waals surface area (Å²) in [6, 6.07) is 3.32. The lowest BCUT2D eigenvalue weighted by atomic mass is 10.0. The highest BCUT2D eigenvalue weighted by atomic mass is 16.5. The minimum atomic E-state index is -0.184. The van der Waals surface area contributed by atoms with Crippen LogP contribution in [0.1, 0.15) is 23.2 Å². The van der Waals surface area contributed by atoms with E-state index >= 15 is 0 Å². The van der Waals surface area contributed by atoms with Gasteiger partial charge in [0.1, 0.15) is 0 Å². The molecule has 1 aromatic heterocycles. The molecule has 2 aliphatic rings. The number of likely N-dealkylation sites (tertiary alicyclic amines) is 1. The average Bonchev–Trinajstić information content (AvgIpc) is 3.24. The van der Waals surface area contributed by atoms with Crippen molar-refractivity contribution in [1.29, 1.82) is 0 Å². The Kier molecular flexibility index (Phi) is 3.60. The lowest BCUT2D eigenvalue weighted by Gasteiger charge is -2.17. The van der Waals surface area contributed by atoms with Crippen LogP contribution >= 0.6 is 0 Å². The Morgan fingerprint density at radius 3 is 2.95 bits per heavy atom. The van der Waals surface area contributed by atoms with Gasteiger partial charge in [0.25, 0.3) is 5.91 Å². The van der Waals surface area contributed by atoms with Crippen molar-refractivity contribution in [3.05, 3.63) is 36.5 Å². The standard InChI is InChI=1S/C16H19N3O3/c1-3-13(20)18-12-9-19(10-16(12)5-6-16)15(21)11-4-7-17-14(8-11)22-2/h3-4,7-8,12H,1,5-6,9-10H2,2H3,(H,18,20). The van der Waals surface area contributed by atoms with Gasteiger partial charge in [-0.3, -0.25) is 9.59 Å². The van der Waals surface area contributed by atoms with Gasteiger partial charge in [0, 0.05) is 36.3 Å². The van der Waals surface area contributed by atoms with Gasteiger partial charge < -0.3 is 15.0 Å². The minimum absolute atomic E-state index is 0.00526. The van der Waals surface area contributed by atoms with E-state index in [1.165, 1.54) is 13.2 Å². The van der Waals surface area contributed by atoms with E-state index in [4.69, 9.17) is 4.74 Å². The summed E-state index contributed by atoms with van der Waals surface area (Å²) in [6.07, 6.45) is 4.91. The Morgan fingerprint density at radius 1 is 1.55 bits per heavy atom. The molecule has 1 aliphatic carbocycles. The fourth-order valence-electron chi connectivity index (χ4n) is 3.06. The monoisotopic (exact) mass is 301 g/mol. The number of carbonyl (C=O) groups excluding carboxylic acids is 2. The number of nitrogens with one attached hydrogen (secondary N) is 1. The van der Waals surface area contributed by atoms with Crippen LogP contribution < -0.4 is 10.1 Å². The number of hydrogen-bond acceptors (Lipinski definition) is 4. The third-order valence-corrected chi connectivity index (χ3v) is 4.52. The van der Waals surface area contributed by atoms with Crippen molar-refractivity contribution in [3.8, 4) is 5.88 Å².